The first-order valence-corrected chi connectivity index (χ1v) is 7.11. The van der Waals surface area contributed by atoms with E-state index in [0.29, 0.717) is 12.8 Å². The molecule has 2 heteroatoms. The lowest BCUT2D eigenvalue weighted by Gasteiger charge is -1.98. The van der Waals surface area contributed by atoms with Crippen LogP contribution in [0.15, 0.2) is 54.6 Å². The first-order valence-electron chi connectivity index (χ1n) is 7.11. The van der Waals surface area contributed by atoms with Crippen LogP contribution in [0.4, 0.5) is 0 Å². The average Bonchev–Trinajstić information content (AvgIpc) is 2.46. The largest absolute Gasteiger partial charge is 0.295 e. The summed E-state index contributed by atoms with van der Waals surface area (Å²) in [5.41, 5.74) is 1.19. The van der Waals surface area contributed by atoms with Gasteiger partial charge in [0, 0.05) is 12.8 Å². The Morgan fingerprint density at radius 1 is 1.00 bits per heavy atom. The van der Waals surface area contributed by atoms with Gasteiger partial charge in [0.25, 0.3) is 0 Å². The van der Waals surface area contributed by atoms with E-state index in [9.17, 15) is 9.59 Å². The number of carbonyl (C=O) groups is 2. The van der Waals surface area contributed by atoms with Gasteiger partial charge in [-0.1, -0.05) is 42.5 Å². The predicted octanol–water partition coefficient (Wildman–Crippen LogP) is 4.06. The van der Waals surface area contributed by atoms with E-state index in [2.05, 4.69) is 0 Å². The first-order chi connectivity index (χ1) is 9.72. The Hall–Kier alpha value is -1.96. The van der Waals surface area contributed by atoms with Gasteiger partial charge in [-0.3, -0.25) is 9.59 Å². The van der Waals surface area contributed by atoms with Gasteiger partial charge in [-0.05, 0) is 43.9 Å². The molecule has 0 N–H and O–H groups in total. The second-order valence-corrected chi connectivity index (χ2v) is 4.71. The van der Waals surface area contributed by atoms with Crippen LogP contribution in [0.5, 0.6) is 0 Å². The zero-order valence-electron chi connectivity index (χ0n) is 12.0. The van der Waals surface area contributed by atoms with E-state index in [1.54, 1.807) is 18.2 Å². The van der Waals surface area contributed by atoms with Crippen molar-refractivity contribution in [3.63, 3.8) is 0 Å². The molecule has 0 aliphatic heterocycles. The molecule has 106 valence electrons. The van der Waals surface area contributed by atoms with E-state index in [1.807, 2.05) is 43.3 Å². The lowest BCUT2D eigenvalue weighted by Crippen LogP contribution is -1.96. The third kappa shape index (κ3) is 7.47. The normalized spacial score (nSPS) is 11.2. The number of aryl methyl sites for hydroxylation is 1. The van der Waals surface area contributed by atoms with Gasteiger partial charge in [0.1, 0.15) is 0 Å². The average molecular weight is 270 g/mol. The summed E-state index contributed by atoms with van der Waals surface area (Å²) in [6.45, 7) is 1.84. The molecule has 0 spiro atoms. The lowest BCUT2D eigenvalue weighted by atomic mass is 10.1. The Morgan fingerprint density at radius 3 is 2.40 bits per heavy atom. The quantitative estimate of drug-likeness (QED) is 0.501. The van der Waals surface area contributed by atoms with Gasteiger partial charge < -0.3 is 0 Å². The van der Waals surface area contributed by atoms with Gasteiger partial charge in [0.2, 0.25) is 0 Å². The minimum atomic E-state index is 0.147. The molecule has 0 amide bonds. The molecule has 0 fully saturated rings. The predicted molar refractivity (Wildman–Crippen MR) is 82.6 cm³/mol. The van der Waals surface area contributed by atoms with Gasteiger partial charge in [-0.2, -0.15) is 0 Å². The van der Waals surface area contributed by atoms with Crippen LogP contribution in [-0.2, 0) is 16.0 Å². The number of hydrogen-bond acceptors (Lipinski definition) is 2. The SMILES string of the molecule is C/C=C/C(=O)CCC/C=C/C(=O)CCc1ccccc1. The van der Waals surface area contributed by atoms with Gasteiger partial charge >= 0.3 is 0 Å². The maximum Gasteiger partial charge on any atom is 0.155 e. The number of hydrogen-bond donors (Lipinski definition) is 0. The Kier molecular flexibility index (Phi) is 7.97. The summed E-state index contributed by atoms with van der Waals surface area (Å²) in [6, 6.07) is 10.0. The van der Waals surface area contributed by atoms with E-state index >= 15 is 0 Å². The summed E-state index contributed by atoms with van der Waals surface area (Å²) < 4.78 is 0. The van der Waals surface area contributed by atoms with Crippen molar-refractivity contribution >= 4 is 11.6 Å². The molecule has 0 aliphatic carbocycles. The Bertz CT molecular complexity index is 469. The lowest BCUT2D eigenvalue weighted by molar-refractivity contribution is -0.115. The summed E-state index contributed by atoms with van der Waals surface area (Å²) in [5.74, 6) is 0.296. The maximum atomic E-state index is 11.7. The number of carbonyl (C=O) groups excluding carboxylic acids is 2. The molecule has 0 atom stereocenters. The van der Waals surface area contributed by atoms with Crippen LogP contribution >= 0.6 is 0 Å². The highest BCUT2D eigenvalue weighted by atomic mass is 16.1. The van der Waals surface area contributed by atoms with E-state index in [0.717, 1.165) is 19.3 Å². The fourth-order valence-electron chi connectivity index (χ4n) is 1.87. The van der Waals surface area contributed by atoms with Crippen molar-refractivity contribution in [2.75, 3.05) is 0 Å². The maximum absolute atomic E-state index is 11.7. The molecule has 1 aromatic carbocycles. The number of ketones is 2. The molecule has 1 rings (SSSR count). The van der Waals surface area contributed by atoms with Crippen molar-refractivity contribution in [3.05, 3.63) is 60.2 Å². The molecule has 0 unspecified atom stereocenters. The molecule has 2 nitrogen and oxygen atoms in total. The van der Waals surface area contributed by atoms with Crippen LogP contribution in [0.25, 0.3) is 0 Å². The molecule has 0 saturated carbocycles. The van der Waals surface area contributed by atoms with Crippen LogP contribution in [-0.4, -0.2) is 11.6 Å². The second kappa shape index (κ2) is 9.90. The van der Waals surface area contributed by atoms with Gasteiger partial charge in [0.15, 0.2) is 11.6 Å². The van der Waals surface area contributed by atoms with Gasteiger partial charge in [-0.25, -0.2) is 0 Å². The first kappa shape index (κ1) is 16.1. The summed E-state index contributed by atoms with van der Waals surface area (Å²) in [4.78, 5) is 22.9. The summed E-state index contributed by atoms with van der Waals surface area (Å²) in [5, 5.41) is 0. The number of allylic oxidation sites excluding steroid dienone is 4. The highest BCUT2D eigenvalue weighted by Crippen LogP contribution is 2.04. The zero-order valence-corrected chi connectivity index (χ0v) is 12.0. The van der Waals surface area contributed by atoms with Crippen LogP contribution in [0.2, 0.25) is 0 Å². The van der Waals surface area contributed by atoms with Gasteiger partial charge in [0.05, 0.1) is 0 Å². The Morgan fingerprint density at radius 2 is 1.70 bits per heavy atom. The highest BCUT2D eigenvalue weighted by molar-refractivity contribution is 5.90. The molecule has 20 heavy (non-hydrogen) atoms. The summed E-state index contributed by atoms with van der Waals surface area (Å²) in [6.07, 6.45) is 10.3. The van der Waals surface area contributed by atoms with E-state index in [4.69, 9.17) is 0 Å². The molecule has 1 aromatic rings. The third-order valence-corrected chi connectivity index (χ3v) is 2.95. The molecular weight excluding hydrogens is 248 g/mol. The highest BCUT2D eigenvalue weighted by Gasteiger charge is 1.98. The number of unbranched alkanes of at least 4 members (excludes halogenated alkanes) is 1. The second-order valence-electron chi connectivity index (χ2n) is 4.71. The number of benzene rings is 1. The van der Waals surface area contributed by atoms with E-state index < -0.39 is 0 Å². The fourth-order valence-corrected chi connectivity index (χ4v) is 1.87. The minimum Gasteiger partial charge on any atom is -0.295 e. The molecule has 0 aromatic heterocycles. The summed E-state index contributed by atoms with van der Waals surface area (Å²) in [7, 11) is 0. The van der Waals surface area contributed by atoms with Crippen LogP contribution in [0.1, 0.15) is 38.2 Å². The Balaban J connectivity index is 2.16. The standard InChI is InChI=1S/C18H22O2/c1-2-9-17(19)12-7-4-8-13-18(20)15-14-16-10-5-3-6-11-16/h2-3,5-6,8-11,13H,4,7,12,14-15H2,1H3/b9-2+,13-8+. The molecule has 0 heterocycles. The van der Waals surface area contributed by atoms with Crippen molar-refractivity contribution in [1.82, 2.24) is 0 Å². The molecule has 0 radical (unpaired) electrons. The fraction of sp³-hybridized carbons (Fsp3) is 0.333. The minimum absolute atomic E-state index is 0.147. The third-order valence-electron chi connectivity index (χ3n) is 2.95. The summed E-state index contributed by atoms with van der Waals surface area (Å²) >= 11 is 0. The van der Waals surface area contributed by atoms with Crippen LogP contribution in [0.3, 0.4) is 0 Å². The monoisotopic (exact) mass is 270 g/mol. The Labute approximate surface area is 121 Å². The van der Waals surface area contributed by atoms with E-state index in [-0.39, 0.29) is 11.6 Å². The van der Waals surface area contributed by atoms with Crippen molar-refractivity contribution in [2.45, 2.75) is 39.0 Å². The smallest absolute Gasteiger partial charge is 0.155 e. The van der Waals surface area contributed by atoms with Crippen molar-refractivity contribution in [3.8, 4) is 0 Å². The van der Waals surface area contributed by atoms with E-state index in [1.165, 1.54) is 5.56 Å². The van der Waals surface area contributed by atoms with Crippen molar-refractivity contribution in [1.29, 1.82) is 0 Å². The molecule has 0 saturated heterocycles. The van der Waals surface area contributed by atoms with Crippen LogP contribution in [0, 0.1) is 0 Å². The van der Waals surface area contributed by atoms with Gasteiger partial charge in [-0.15, -0.1) is 0 Å². The molecule has 0 aliphatic rings. The van der Waals surface area contributed by atoms with Crippen molar-refractivity contribution < 1.29 is 9.59 Å². The topological polar surface area (TPSA) is 34.1 Å². The molecule has 0 bridgehead atoms. The zero-order chi connectivity index (χ0) is 14.6. The molecular formula is C18H22O2. The van der Waals surface area contributed by atoms with Crippen LogP contribution < -0.4 is 0 Å². The van der Waals surface area contributed by atoms with Crippen molar-refractivity contribution in [2.24, 2.45) is 0 Å². The number of rotatable bonds is 9.